The van der Waals surface area contributed by atoms with E-state index in [9.17, 15) is 0 Å². The van der Waals surface area contributed by atoms with Gasteiger partial charge in [0.2, 0.25) is 0 Å². The molecule has 0 heterocycles. The van der Waals surface area contributed by atoms with E-state index in [1.54, 1.807) is 7.11 Å². The summed E-state index contributed by atoms with van der Waals surface area (Å²) in [6, 6.07) is 6.43. The molecule has 1 saturated carbocycles. The highest BCUT2D eigenvalue weighted by Crippen LogP contribution is 2.29. The first-order valence-corrected chi connectivity index (χ1v) is 8.62. The highest BCUT2D eigenvalue weighted by atomic mass is 35.5. The van der Waals surface area contributed by atoms with Crippen molar-refractivity contribution in [1.29, 1.82) is 0 Å². The lowest BCUT2D eigenvalue weighted by Crippen LogP contribution is -2.36. The van der Waals surface area contributed by atoms with Crippen LogP contribution in [0.1, 0.15) is 50.5 Å². The van der Waals surface area contributed by atoms with Crippen LogP contribution in [-0.4, -0.2) is 20.2 Å². The molecule has 0 saturated heterocycles. The Bertz CT molecular complexity index is 427. The van der Waals surface area contributed by atoms with Gasteiger partial charge in [-0.15, -0.1) is 0 Å². The quantitative estimate of drug-likeness (QED) is 0.840. The first kappa shape index (κ1) is 16.6. The van der Waals surface area contributed by atoms with Crippen molar-refractivity contribution in [3.8, 4) is 5.75 Å². The molecule has 118 valence electrons. The molecule has 0 amide bonds. The van der Waals surface area contributed by atoms with Gasteiger partial charge >= 0.3 is 0 Å². The van der Waals surface area contributed by atoms with Gasteiger partial charge in [0.15, 0.2) is 0 Å². The third-order valence-electron chi connectivity index (χ3n) is 4.77. The summed E-state index contributed by atoms with van der Waals surface area (Å²) < 4.78 is 5.49. The second kappa shape index (κ2) is 8.65. The molecule has 0 radical (unpaired) electrons. The minimum Gasteiger partial charge on any atom is -0.496 e. The molecule has 1 aliphatic carbocycles. The summed E-state index contributed by atoms with van der Waals surface area (Å²) in [6.07, 6.45) is 10.6. The Hall–Kier alpha value is -0.730. The number of nitrogens with one attached hydrogen (secondary N) is 1. The minimum atomic E-state index is 0.510. The smallest absolute Gasteiger partial charge is 0.122 e. The molecular formula is C18H28ClNO. The molecule has 2 nitrogen and oxygen atoms in total. The van der Waals surface area contributed by atoms with Crippen LogP contribution in [-0.2, 0) is 6.42 Å². The Labute approximate surface area is 134 Å². The van der Waals surface area contributed by atoms with Crippen LogP contribution < -0.4 is 10.1 Å². The Morgan fingerprint density at radius 1 is 1.19 bits per heavy atom. The molecule has 1 N–H and O–H groups in total. The van der Waals surface area contributed by atoms with Crippen LogP contribution in [0.3, 0.4) is 0 Å². The molecule has 1 atom stereocenters. The van der Waals surface area contributed by atoms with Crippen molar-refractivity contribution in [2.24, 2.45) is 5.92 Å². The third-order valence-corrected chi connectivity index (χ3v) is 5.01. The van der Waals surface area contributed by atoms with Crippen LogP contribution in [0.4, 0.5) is 0 Å². The van der Waals surface area contributed by atoms with Gasteiger partial charge < -0.3 is 10.1 Å². The van der Waals surface area contributed by atoms with E-state index in [0.717, 1.165) is 23.1 Å². The van der Waals surface area contributed by atoms with Gasteiger partial charge in [-0.25, -0.2) is 0 Å². The zero-order valence-electron chi connectivity index (χ0n) is 13.3. The SMILES string of the molecule is CNC(Cc1cc(Cl)ccc1OC)C1CCCCCCC1. The van der Waals surface area contributed by atoms with E-state index in [1.165, 1.54) is 50.5 Å². The lowest BCUT2D eigenvalue weighted by atomic mass is 9.83. The van der Waals surface area contributed by atoms with Gasteiger partial charge in [-0.3, -0.25) is 0 Å². The summed E-state index contributed by atoms with van der Waals surface area (Å²) in [5, 5.41) is 4.33. The maximum absolute atomic E-state index is 6.16. The number of rotatable bonds is 5. The number of halogens is 1. The molecular weight excluding hydrogens is 282 g/mol. The maximum atomic E-state index is 6.16. The average Bonchev–Trinajstić information content (AvgIpc) is 2.45. The molecule has 0 aliphatic heterocycles. The van der Waals surface area contributed by atoms with Crippen LogP contribution in [0, 0.1) is 5.92 Å². The number of likely N-dealkylation sites (N-methyl/N-ethyl adjacent to an activating group) is 1. The number of methoxy groups -OCH3 is 1. The zero-order chi connectivity index (χ0) is 15.1. The number of ether oxygens (including phenoxy) is 1. The molecule has 1 aliphatic rings. The maximum Gasteiger partial charge on any atom is 0.122 e. The van der Waals surface area contributed by atoms with Crippen LogP contribution in [0.5, 0.6) is 5.75 Å². The molecule has 0 aromatic heterocycles. The summed E-state index contributed by atoms with van der Waals surface area (Å²) in [6.45, 7) is 0. The second-order valence-corrected chi connectivity index (χ2v) is 6.60. The number of hydrogen-bond acceptors (Lipinski definition) is 2. The van der Waals surface area contributed by atoms with Gasteiger partial charge in [0, 0.05) is 11.1 Å². The van der Waals surface area contributed by atoms with Gasteiger partial charge in [-0.2, -0.15) is 0 Å². The van der Waals surface area contributed by atoms with Crippen molar-refractivity contribution in [3.05, 3.63) is 28.8 Å². The van der Waals surface area contributed by atoms with Gasteiger partial charge in [-0.1, -0.05) is 43.7 Å². The van der Waals surface area contributed by atoms with E-state index >= 15 is 0 Å². The normalized spacial score (nSPS) is 18.8. The number of benzene rings is 1. The molecule has 0 bridgehead atoms. The lowest BCUT2D eigenvalue weighted by molar-refractivity contribution is 0.291. The van der Waals surface area contributed by atoms with E-state index in [2.05, 4.69) is 12.4 Å². The summed E-state index contributed by atoms with van der Waals surface area (Å²) in [5.41, 5.74) is 1.21. The topological polar surface area (TPSA) is 21.3 Å². The standard InChI is InChI=1S/C18H28ClNO/c1-20-17(14-8-6-4-3-5-7-9-14)13-15-12-16(19)10-11-18(15)21-2/h10-12,14,17,20H,3-9,13H2,1-2H3. The summed E-state index contributed by atoms with van der Waals surface area (Å²) >= 11 is 6.16. The molecule has 2 rings (SSSR count). The van der Waals surface area contributed by atoms with Gasteiger partial charge in [0.1, 0.15) is 5.75 Å². The van der Waals surface area contributed by atoms with Crippen molar-refractivity contribution in [3.63, 3.8) is 0 Å². The third kappa shape index (κ3) is 4.89. The van der Waals surface area contributed by atoms with E-state index in [0.29, 0.717) is 6.04 Å². The Kier molecular flexibility index (Phi) is 6.85. The largest absolute Gasteiger partial charge is 0.496 e. The lowest BCUT2D eigenvalue weighted by Gasteiger charge is -2.29. The van der Waals surface area contributed by atoms with E-state index < -0.39 is 0 Å². The summed E-state index contributed by atoms with van der Waals surface area (Å²) in [7, 11) is 3.82. The molecule has 1 unspecified atom stereocenters. The van der Waals surface area contributed by atoms with Crippen molar-refractivity contribution >= 4 is 11.6 Å². The molecule has 1 aromatic rings. The monoisotopic (exact) mass is 309 g/mol. The molecule has 1 aromatic carbocycles. The first-order valence-electron chi connectivity index (χ1n) is 8.24. The number of hydrogen-bond donors (Lipinski definition) is 1. The van der Waals surface area contributed by atoms with Crippen LogP contribution in [0.2, 0.25) is 5.02 Å². The Morgan fingerprint density at radius 2 is 1.86 bits per heavy atom. The fraction of sp³-hybridized carbons (Fsp3) is 0.667. The average molecular weight is 310 g/mol. The van der Waals surface area contributed by atoms with Crippen molar-refractivity contribution in [2.45, 2.75) is 57.4 Å². The predicted molar refractivity (Wildman–Crippen MR) is 90.4 cm³/mol. The van der Waals surface area contributed by atoms with E-state index in [4.69, 9.17) is 16.3 Å². The first-order chi connectivity index (χ1) is 10.2. The fourth-order valence-corrected chi connectivity index (χ4v) is 3.73. The molecule has 3 heteroatoms. The second-order valence-electron chi connectivity index (χ2n) is 6.16. The molecule has 0 spiro atoms. The van der Waals surface area contributed by atoms with E-state index in [-0.39, 0.29) is 0 Å². The zero-order valence-corrected chi connectivity index (χ0v) is 14.1. The Balaban J connectivity index is 2.08. The van der Waals surface area contributed by atoms with Crippen LogP contribution in [0.15, 0.2) is 18.2 Å². The highest BCUT2D eigenvalue weighted by molar-refractivity contribution is 6.30. The fourth-order valence-electron chi connectivity index (χ4n) is 3.54. The Morgan fingerprint density at radius 3 is 2.48 bits per heavy atom. The van der Waals surface area contributed by atoms with Crippen LogP contribution >= 0.6 is 11.6 Å². The van der Waals surface area contributed by atoms with Gasteiger partial charge in [0.25, 0.3) is 0 Å². The summed E-state index contributed by atoms with van der Waals surface area (Å²) in [5.74, 6) is 1.71. The summed E-state index contributed by atoms with van der Waals surface area (Å²) in [4.78, 5) is 0. The van der Waals surface area contributed by atoms with Crippen LogP contribution in [0.25, 0.3) is 0 Å². The predicted octanol–water partition coefficient (Wildman–Crippen LogP) is 4.84. The van der Waals surface area contributed by atoms with Gasteiger partial charge in [-0.05, 0) is 56.0 Å². The highest BCUT2D eigenvalue weighted by Gasteiger charge is 2.22. The molecule has 1 fully saturated rings. The van der Waals surface area contributed by atoms with Crippen molar-refractivity contribution in [2.75, 3.05) is 14.2 Å². The van der Waals surface area contributed by atoms with Crippen molar-refractivity contribution in [1.82, 2.24) is 5.32 Å². The van der Waals surface area contributed by atoms with Gasteiger partial charge in [0.05, 0.1) is 7.11 Å². The minimum absolute atomic E-state index is 0.510. The molecule has 21 heavy (non-hydrogen) atoms. The van der Waals surface area contributed by atoms with E-state index in [1.807, 2.05) is 18.2 Å². The van der Waals surface area contributed by atoms with Crippen molar-refractivity contribution < 1.29 is 4.74 Å².